The fourth-order valence-corrected chi connectivity index (χ4v) is 1.74. The number of carbonyl (C=O) groups is 2. The second kappa shape index (κ2) is 3.29. The maximum absolute atomic E-state index is 11.1. The van der Waals surface area contributed by atoms with Crippen molar-refractivity contribution in [3.63, 3.8) is 0 Å². The highest BCUT2D eigenvalue weighted by molar-refractivity contribution is 7.80. The van der Waals surface area contributed by atoms with E-state index in [0.29, 0.717) is 5.75 Å². The van der Waals surface area contributed by atoms with Gasteiger partial charge in [-0.15, -0.1) is 0 Å². The maximum Gasteiger partial charge on any atom is 0.352 e. The number of thiol groups is 1. The first-order chi connectivity index (χ1) is 6.63. The number of aliphatic carboxylic acids is 1. The summed E-state index contributed by atoms with van der Waals surface area (Å²) >= 11 is 4.02. The molecule has 5 nitrogen and oxygen atoms in total. The third kappa shape index (κ3) is 1.31. The number of ether oxygens (including phenoxy) is 1. The second-order valence-corrected chi connectivity index (χ2v) is 3.50. The minimum Gasteiger partial charge on any atom is -0.477 e. The lowest BCUT2D eigenvalue weighted by Crippen LogP contribution is -2.58. The minimum atomic E-state index is -1.10. The number of carboxylic acid groups (broad SMARTS) is 1. The molecule has 1 fully saturated rings. The van der Waals surface area contributed by atoms with Gasteiger partial charge in [0, 0.05) is 5.75 Å². The standard InChI is InChI=1S/C8H9NO4S/c10-6-2-7-9(6)5(8(11)12)1-4(3-14)13-7/h1,4,7,14H,2-3H2,(H,11,12). The van der Waals surface area contributed by atoms with Crippen LogP contribution in [-0.4, -0.2) is 40.0 Å². The van der Waals surface area contributed by atoms with Crippen LogP contribution in [0.4, 0.5) is 0 Å². The molecule has 1 saturated heterocycles. The van der Waals surface area contributed by atoms with Crippen molar-refractivity contribution >= 4 is 24.5 Å². The van der Waals surface area contributed by atoms with Crippen LogP contribution in [0.2, 0.25) is 0 Å². The highest BCUT2D eigenvalue weighted by Crippen LogP contribution is 2.31. The molecule has 2 heterocycles. The molecule has 0 aliphatic carbocycles. The van der Waals surface area contributed by atoms with Crippen LogP contribution in [-0.2, 0) is 14.3 Å². The van der Waals surface area contributed by atoms with Crippen LogP contribution in [0.1, 0.15) is 6.42 Å². The second-order valence-electron chi connectivity index (χ2n) is 3.14. The van der Waals surface area contributed by atoms with Gasteiger partial charge in [-0.3, -0.25) is 9.69 Å². The molecule has 0 radical (unpaired) electrons. The molecule has 14 heavy (non-hydrogen) atoms. The molecule has 0 spiro atoms. The Morgan fingerprint density at radius 2 is 2.50 bits per heavy atom. The first-order valence-electron chi connectivity index (χ1n) is 4.17. The number of fused-ring (bicyclic) bond motifs is 1. The van der Waals surface area contributed by atoms with Gasteiger partial charge in [-0.2, -0.15) is 12.6 Å². The molecule has 0 saturated carbocycles. The summed E-state index contributed by atoms with van der Waals surface area (Å²) in [4.78, 5) is 23.1. The van der Waals surface area contributed by atoms with E-state index >= 15 is 0 Å². The van der Waals surface area contributed by atoms with Crippen molar-refractivity contribution in [3.05, 3.63) is 11.8 Å². The maximum atomic E-state index is 11.1. The quantitative estimate of drug-likeness (QED) is 0.496. The van der Waals surface area contributed by atoms with Gasteiger partial charge >= 0.3 is 5.97 Å². The summed E-state index contributed by atoms with van der Waals surface area (Å²) in [5.74, 6) is -0.894. The Labute approximate surface area is 85.7 Å². The van der Waals surface area contributed by atoms with E-state index in [4.69, 9.17) is 9.84 Å². The molecule has 0 aromatic rings. The van der Waals surface area contributed by atoms with Crippen molar-refractivity contribution < 1.29 is 19.4 Å². The molecule has 2 aliphatic heterocycles. The molecule has 2 rings (SSSR count). The average Bonchev–Trinajstić information content (AvgIpc) is 2.14. The van der Waals surface area contributed by atoms with Gasteiger partial charge in [0.2, 0.25) is 5.91 Å². The van der Waals surface area contributed by atoms with Gasteiger partial charge < -0.3 is 9.84 Å². The van der Waals surface area contributed by atoms with Gasteiger partial charge in [0.1, 0.15) is 11.9 Å². The highest BCUT2D eigenvalue weighted by atomic mass is 32.1. The summed E-state index contributed by atoms with van der Waals surface area (Å²) < 4.78 is 5.37. The molecule has 2 atom stereocenters. The first kappa shape index (κ1) is 9.54. The van der Waals surface area contributed by atoms with E-state index < -0.39 is 12.2 Å². The number of hydrogen-bond acceptors (Lipinski definition) is 4. The molecule has 6 heteroatoms. The molecule has 0 aromatic carbocycles. The van der Waals surface area contributed by atoms with Crippen LogP contribution in [0.15, 0.2) is 11.8 Å². The predicted molar refractivity (Wildman–Crippen MR) is 49.7 cm³/mol. The Balaban J connectivity index is 2.27. The smallest absolute Gasteiger partial charge is 0.352 e. The molecule has 2 aliphatic rings. The summed E-state index contributed by atoms with van der Waals surface area (Å²) in [6.07, 6.45) is 0.951. The van der Waals surface area contributed by atoms with Gasteiger partial charge in [-0.25, -0.2) is 4.79 Å². The van der Waals surface area contributed by atoms with Crippen molar-refractivity contribution in [1.29, 1.82) is 0 Å². The third-order valence-electron chi connectivity index (χ3n) is 2.24. The molecular formula is C8H9NO4S. The van der Waals surface area contributed by atoms with Crippen molar-refractivity contribution in [2.75, 3.05) is 5.75 Å². The molecule has 1 amide bonds. The van der Waals surface area contributed by atoms with Crippen molar-refractivity contribution in [1.82, 2.24) is 4.90 Å². The van der Waals surface area contributed by atoms with Crippen LogP contribution in [0.25, 0.3) is 0 Å². The van der Waals surface area contributed by atoms with E-state index in [1.165, 1.54) is 11.0 Å². The van der Waals surface area contributed by atoms with Crippen LogP contribution in [0.5, 0.6) is 0 Å². The van der Waals surface area contributed by atoms with Gasteiger partial charge in [0.05, 0.1) is 12.5 Å². The van der Waals surface area contributed by atoms with Gasteiger partial charge in [-0.1, -0.05) is 0 Å². The van der Waals surface area contributed by atoms with Crippen LogP contribution < -0.4 is 0 Å². The number of hydrogen-bond donors (Lipinski definition) is 2. The SMILES string of the molecule is O=C(O)C1=CC(CS)OC2CC(=O)N12. The number of β-lactam (4-membered cyclic amide) rings is 1. The molecule has 2 unspecified atom stereocenters. The van der Waals surface area contributed by atoms with Crippen molar-refractivity contribution in [3.8, 4) is 0 Å². The molecule has 1 N–H and O–H groups in total. The Kier molecular flexibility index (Phi) is 2.24. The minimum absolute atomic E-state index is 0.0107. The molecule has 0 bridgehead atoms. The zero-order valence-corrected chi connectivity index (χ0v) is 8.11. The van der Waals surface area contributed by atoms with Gasteiger partial charge in [-0.05, 0) is 6.08 Å². The topological polar surface area (TPSA) is 66.8 Å². The molecule has 0 aromatic heterocycles. The lowest BCUT2D eigenvalue weighted by Gasteiger charge is -2.44. The Bertz CT molecular complexity index is 327. The predicted octanol–water partition coefficient (Wildman–Crippen LogP) is -0.158. The summed E-state index contributed by atoms with van der Waals surface area (Å²) in [5.41, 5.74) is 0.0107. The van der Waals surface area contributed by atoms with E-state index in [2.05, 4.69) is 12.6 Å². The number of rotatable bonds is 2. The number of amides is 1. The Morgan fingerprint density at radius 3 is 3.00 bits per heavy atom. The third-order valence-corrected chi connectivity index (χ3v) is 2.60. The van der Waals surface area contributed by atoms with E-state index in [-0.39, 0.29) is 24.1 Å². The lowest BCUT2D eigenvalue weighted by molar-refractivity contribution is -0.180. The Morgan fingerprint density at radius 1 is 1.79 bits per heavy atom. The van der Waals surface area contributed by atoms with E-state index in [9.17, 15) is 9.59 Å². The van der Waals surface area contributed by atoms with Crippen molar-refractivity contribution in [2.45, 2.75) is 18.8 Å². The van der Waals surface area contributed by atoms with Crippen LogP contribution in [0.3, 0.4) is 0 Å². The van der Waals surface area contributed by atoms with Gasteiger partial charge in [0.25, 0.3) is 0 Å². The lowest BCUT2D eigenvalue weighted by atomic mass is 10.1. The summed E-state index contributed by atoms with van der Waals surface area (Å²) in [5, 5.41) is 8.85. The zero-order valence-electron chi connectivity index (χ0n) is 7.21. The monoisotopic (exact) mass is 215 g/mol. The number of carbonyl (C=O) groups excluding carboxylic acids is 1. The summed E-state index contributed by atoms with van der Waals surface area (Å²) in [6, 6.07) is 0. The number of carboxylic acids is 1. The Hall–Kier alpha value is -1.01. The molecular weight excluding hydrogens is 206 g/mol. The van der Waals surface area contributed by atoms with E-state index in [1.54, 1.807) is 0 Å². The van der Waals surface area contributed by atoms with Gasteiger partial charge in [0.15, 0.2) is 0 Å². The largest absolute Gasteiger partial charge is 0.477 e. The van der Waals surface area contributed by atoms with E-state index in [0.717, 1.165) is 0 Å². The fourth-order valence-electron chi connectivity index (χ4n) is 1.55. The summed E-state index contributed by atoms with van der Waals surface area (Å²) in [6.45, 7) is 0. The van der Waals surface area contributed by atoms with E-state index in [1.807, 2.05) is 0 Å². The van der Waals surface area contributed by atoms with Crippen molar-refractivity contribution in [2.24, 2.45) is 0 Å². The zero-order chi connectivity index (χ0) is 10.3. The normalized spacial score (nSPS) is 30.5. The average molecular weight is 215 g/mol. The number of nitrogens with zero attached hydrogens (tertiary/aromatic N) is 1. The summed E-state index contributed by atoms with van der Waals surface area (Å²) in [7, 11) is 0. The van der Waals surface area contributed by atoms with Crippen LogP contribution in [0, 0.1) is 0 Å². The fraction of sp³-hybridized carbons (Fsp3) is 0.500. The van der Waals surface area contributed by atoms with Crippen LogP contribution >= 0.6 is 12.6 Å². The first-order valence-corrected chi connectivity index (χ1v) is 4.80. The highest BCUT2D eigenvalue weighted by Gasteiger charge is 2.45. The molecule has 76 valence electrons.